The van der Waals surface area contributed by atoms with Crippen LogP contribution >= 0.6 is 0 Å². The highest BCUT2D eigenvalue weighted by atomic mass is 16.5. The van der Waals surface area contributed by atoms with Crippen molar-refractivity contribution < 1.29 is 9.53 Å². The number of piperazine rings is 1. The van der Waals surface area contributed by atoms with Crippen LogP contribution in [0.5, 0.6) is 5.75 Å². The lowest BCUT2D eigenvalue weighted by Crippen LogP contribution is -2.49. The number of aromatic nitrogens is 1. The molecule has 1 fully saturated rings. The van der Waals surface area contributed by atoms with Crippen LogP contribution in [0.15, 0.2) is 91.0 Å². The molecule has 5 heteroatoms. The Balaban J connectivity index is 1.35. The molecule has 3 aromatic carbocycles. The van der Waals surface area contributed by atoms with Gasteiger partial charge in [0.15, 0.2) is 0 Å². The summed E-state index contributed by atoms with van der Waals surface area (Å²) in [6, 6.07) is 30.0. The van der Waals surface area contributed by atoms with Crippen molar-refractivity contribution in [1.29, 1.82) is 0 Å². The Kier molecular flexibility index (Phi) is 6.25. The first-order valence-electron chi connectivity index (χ1n) is 11.5. The second-order valence-electron chi connectivity index (χ2n) is 8.34. The van der Waals surface area contributed by atoms with Gasteiger partial charge in [0.2, 0.25) is 0 Å². The third-order valence-corrected chi connectivity index (χ3v) is 6.22. The summed E-state index contributed by atoms with van der Waals surface area (Å²) >= 11 is 0. The zero-order chi connectivity index (χ0) is 23.3. The van der Waals surface area contributed by atoms with Gasteiger partial charge >= 0.3 is 0 Å². The molecule has 0 atom stereocenters. The molecule has 0 radical (unpaired) electrons. The number of fused-ring (bicyclic) bond motifs is 1. The Morgan fingerprint density at radius 2 is 1.53 bits per heavy atom. The summed E-state index contributed by atoms with van der Waals surface area (Å²) in [4.78, 5) is 22.7. The van der Waals surface area contributed by atoms with Gasteiger partial charge in [-0.25, -0.2) is 4.98 Å². The summed E-state index contributed by atoms with van der Waals surface area (Å²) < 4.78 is 5.27. The number of hydrogen-bond donors (Lipinski definition) is 0. The predicted molar refractivity (Wildman–Crippen MR) is 138 cm³/mol. The number of carbonyl (C=O) groups is 1. The largest absolute Gasteiger partial charge is 0.497 e. The molecule has 1 aromatic heterocycles. The number of methoxy groups -OCH3 is 1. The van der Waals surface area contributed by atoms with E-state index in [0.29, 0.717) is 18.7 Å². The molecule has 1 saturated heterocycles. The Bertz CT molecular complexity index is 1310. The number of anilines is 1. The van der Waals surface area contributed by atoms with Gasteiger partial charge in [-0.2, -0.15) is 0 Å². The van der Waals surface area contributed by atoms with Gasteiger partial charge in [0.1, 0.15) is 11.6 Å². The van der Waals surface area contributed by atoms with Crippen molar-refractivity contribution in [3.63, 3.8) is 0 Å². The summed E-state index contributed by atoms with van der Waals surface area (Å²) in [5.41, 5.74) is 3.57. The average molecular weight is 450 g/mol. The molecular formula is C29H27N3O2. The number of amides is 1. The first kappa shape index (κ1) is 21.7. The molecule has 0 bridgehead atoms. The molecule has 5 rings (SSSR count). The molecule has 1 aliphatic heterocycles. The Hall–Kier alpha value is -4.12. The molecule has 0 aliphatic carbocycles. The minimum absolute atomic E-state index is 0.0492. The van der Waals surface area contributed by atoms with Crippen LogP contribution in [0.3, 0.4) is 0 Å². The number of rotatable bonds is 5. The smallest absolute Gasteiger partial charge is 0.254 e. The summed E-state index contributed by atoms with van der Waals surface area (Å²) in [6.45, 7) is 2.81. The van der Waals surface area contributed by atoms with Crippen molar-refractivity contribution in [3.05, 3.63) is 102 Å². The Morgan fingerprint density at radius 1 is 0.824 bits per heavy atom. The van der Waals surface area contributed by atoms with E-state index in [1.165, 1.54) is 0 Å². The monoisotopic (exact) mass is 449 g/mol. The van der Waals surface area contributed by atoms with E-state index in [-0.39, 0.29) is 5.91 Å². The number of para-hydroxylation sites is 1. The van der Waals surface area contributed by atoms with Crippen LogP contribution in [0, 0.1) is 0 Å². The zero-order valence-corrected chi connectivity index (χ0v) is 19.2. The predicted octanol–water partition coefficient (Wildman–Crippen LogP) is 5.13. The molecule has 0 N–H and O–H groups in total. The van der Waals surface area contributed by atoms with Crippen LogP contribution in [-0.4, -0.2) is 49.1 Å². The number of hydrogen-bond acceptors (Lipinski definition) is 4. The highest BCUT2D eigenvalue weighted by Crippen LogP contribution is 2.24. The third-order valence-electron chi connectivity index (χ3n) is 6.22. The Morgan fingerprint density at radius 3 is 2.26 bits per heavy atom. The van der Waals surface area contributed by atoms with Crippen LogP contribution in [0.25, 0.3) is 22.6 Å². The third kappa shape index (κ3) is 4.64. The standard InChI is InChI=1S/C29H27N3O2/c1-34-25-14-11-22(12-15-25)21-26(23-7-3-2-4-8-23)29(33)32-19-17-31(18-20-32)28-16-13-24-9-5-6-10-27(24)30-28/h2-16,21H,17-20H2,1H3/b26-21+. The first-order chi connectivity index (χ1) is 16.7. The van der Waals surface area contributed by atoms with Crippen molar-refractivity contribution in [1.82, 2.24) is 9.88 Å². The lowest BCUT2D eigenvalue weighted by atomic mass is 10.0. The SMILES string of the molecule is COc1ccc(/C=C(/C(=O)N2CCN(c3ccc4ccccc4n3)CC2)c2ccccc2)cc1. The molecule has 0 saturated carbocycles. The van der Waals surface area contributed by atoms with E-state index in [4.69, 9.17) is 9.72 Å². The van der Waals surface area contributed by atoms with Crippen molar-refractivity contribution in [2.75, 3.05) is 38.2 Å². The summed E-state index contributed by atoms with van der Waals surface area (Å²) in [5.74, 6) is 1.80. The number of nitrogens with zero attached hydrogens (tertiary/aromatic N) is 3. The maximum Gasteiger partial charge on any atom is 0.254 e. The van der Waals surface area contributed by atoms with Crippen molar-refractivity contribution >= 4 is 34.3 Å². The lowest BCUT2D eigenvalue weighted by molar-refractivity contribution is -0.125. The van der Waals surface area contributed by atoms with Crippen molar-refractivity contribution in [2.24, 2.45) is 0 Å². The van der Waals surface area contributed by atoms with Gasteiger partial charge < -0.3 is 14.5 Å². The molecular weight excluding hydrogens is 422 g/mol. The minimum Gasteiger partial charge on any atom is -0.497 e. The quantitative estimate of drug-likeness (QED) is 0.313. The fraction of sp³-hybridized carbons (Fsp3) is 0.172. The lowest BCUT2D eigenvalue weighted by Gasteiger charge is -2.36. The second-order valence-corrected chi connectivity index (χ2v) is 8.34. The minimum atomic E-state index is 0.0492. The normalized spacial score (nSPS) is 14.3. The van der Waals surface area contributed by atoms with E-state index in [2.05, 4.69) is 23.1 Å². The summed E-state index contributed by atoms with van der Waals surface area (Å²) in [5, 5.41) is 1.14. The number of carbonyl (C=O) groups excluding carboxylic acids is 1. The zero-order valence-electron chi connectivity index (χ0n) is 19.2. The molecule has 34 heavy (non-hydrogen) atoms. The molecule has 1 aliphatic rings. The topological polar surface area (TPSA) is 45.7 Å². The number of ether oxygens (including phenoxy) is 1. The van der Waals surface area contributed by atoms with Gasteiger partial charge in [0.25, 0.3) is 5.91 Å². The van der Waals surface area contributed by atoms with E-state index in [0.717, 1.165) is 46.7 Å². The van der Waals surface area contributed by atoms with Crippen LogP contribution in [0.2, 0.25) is 0 Å². The van der Waals surface area contributed by atoms with Gasteiger partial charge in [-0.3, -0.25) is 4.79 Å². The van der Waals surface area contributed by atoms with E-state index in [9.17, 15) is 4.79 Å². The highest BCUT2D eigenvalue weighted by Gasteiger charge is 2.25. The van der Waals surface area contributed by atoms with Gasteiger partial charge in [0, 0.05) is 37.1 Å². The van der Waals surface area contributed by atoms with Crippen molar-refractivity contribution in [3.8, 4) is 5.75 Å². The van der Waals surface area contributed by atoms with Crippen LogP contribution in [-0.2, 0) is 4.79 Å². The molecule has 2 heterocycles. The van der Waals surface area contributed by atoms with Crippen LogP contribution in [0.1, 0.15) is 11.1 Å². The first-order valence-corrected chi connectivity index (χ1v) is 11.5. The fourth-order valence-electron chi connectivity index (χ4n) is 4.29. The summed E-state index contributed by atoms with van der Waals surface area (Å²) in [7, 11) is 1.65. The van der Waals surface area contributed by atoms with E-state index in [1.54, 1.807) is 7.11 Å². The molecule has 1 amide bonds. The molecule has 0 spiro atoms. The second kappa shape index (κ2) is 9.79. The number of pyridine rings is 1. The fourth-order valence-corrected chi connectivity index (χ4v) is 4.29. The maximum absolute atomic E-state index is 13.6. The molecule has 0 unspecified atom stereocenters. The molecule has 4 aromatic rings. The van der Waals surface area contributed by atoms with Gasteiger partial charge in [-0.15, -0.1) is 0 Å². The van der Waals surface area contributed by atoms with Crippen molar-refractivity contribution in [2.45, 2.75) is 0 Å². The molecule has 5 nitrogen and oxygen atoms in total. The van der Waals surface area contributed by atoms with Crippen LogP contribution < -0.4 is 9.64 Å². The maximum atomic E-state index is 13.6. The van der Waals surface area contributed by atoms with E-state index >= 15 is 0 Å². The van der Waals surface area contributed by atoms with Gasteiger partial charge in [-0.05, 0) is 47.5 Å². The molecule has 170 valence electrons. The van der Waals surface area contributed by atoms with Gasteiger partial charge in [-0.1, -0.05) is 60.7 Å². The van der Waals surface area contributed by atoms with E-state index < -0.39 is 0 Å². The average Bonchev–Trinajstić information content (AvgIpc) is 2.92. The van der Waals surface area contributed by atoms with Gasteiger partial charge in [0.05, 0.1) is 12.6 Å². The van der Waals surface area contributed by atoms with Crippen LogP contribution in [0.4, 0.5) is 5.82 Å². The Labute approximate surface area is 199 Å². The number of benzene rings is 3. The van der Waals surface area contributed by atoms with E-state index in [1.807, 2.05) is 83.8 Å². The summed E-state index contributed by atoms with van der Waals surface area (Å²) in [6.07, 6.45) is 1.97. The highest BCUT2D eigenvalue weighted by molar-refractivity contribution is 6.24.